The van der Waals surface area contributed by atoms with Gasteiger partial charge < -0.3 is 9.88 Å². The summed E-state index contributed by atoms with van der Waals surface area (Å²) in [6, 6.07) is 0. The minimum absolute atomic E-state index is 0.0111. The van der Waals surface area contributed by atoms with Gasteiger partial charge in [-0.05, 0) is 0 Å². The maximum atomic E-state index is 11.4. The number of carbonyl (C=O) groups is 1. The molecule has 7 nitrogen and oxygen atoms in total. The number of nitrogens with two attached hydrogens (primary N) is 1. The first kappa shape index (κ1) is 11.7. The molecule has 1 aromatic rings. The summed E-state index contributed by atoms with van der Waals surface area (Å²) in [4.78, 5) is 15.2. The normalized spacial score (nSPS) is 11.3. The summed E-state index contributed by atoms with van der Waals surface area (Å²) in [6.07, 6.45) is 2.88. The molecule has 0 unspecified atom stereocenters. The fourth-order valence-corrected chi connectivity index (χ4v) is 1.36. The van der Waals surface area contributed by atoms with E-state index in [1.165, 1.54) is 17.1 Å². The molecular weight excluding hydrogens is 220 g/mol. The lowest BCUT2D eigenvalue weighted by molar-refractivity contribution is 0.0948. The number of aromatic nitrogens is 2. The number of amides is 1. The van der Waals surface area contributed by atoms with E-state index in [1.54, 1.807) is 7.05 Å². The van der Waals surface area contributed by atoms with Crippen LogP contribution in [0.1, 0.15) is 10.5 Å². The van der Waals surface area contributed by atoms with Gasteiger partial charge in [-0.3, -0.25) is 4.79 Å². The molecule has 0 aliphatic rings. The van der Waals surface area contributed by atoms with Gasteiger partial charge in [0.1, 0.15) is 5.69 Å². The van der Waals surface area contributed by atoms with Gasteiger partial charge in [0.05, 0.1) is 18.3 Å². The van der Waals surface area contributed by atoms with Crippen LogP contribution < -0.4 is 10.5 Å². The number of carbonyl (C=O) groups excluding carboxylic acids is 1. The van der Waals surface area contributed by atoms with E-state index < -0.39 is 10.0 Å². The Kier molecular flexibility index (Phi) is 3.43. The number of hydrogen-bond acceptors (Lipinski definition) is 4. The Balaban J connectivity index is 2.48. The molecule has 3 N–H and O–H groups in total. The minimum atomic E-state index is -3.54. The summed E-state index contributed by atoms with van der Waals surface area (Å²) in [6.45, 7) is -0.0111. The van der Waals surface area contributed by atoms with E-state index in [2.05, 4.69) is 10.3 Å². The smallest absolute Gasteiger partial charge is 0.269 e. The number of nitrogens with zero attached hydrogens (tertiary/aromatic N) is 2. The molecule has 84 valence electrons. The van der Waals surface area contributed by atoms with Crippen LogP contribution >= 0.6 is 0 Å². The summed E-state index contributed by atoms with van der Waals surface area (Å²) < 4.78 is 22.7. The summed E-state index contributed by atoms with van der Waals surface area (Å²) in [5.41, 5.74) is 0.365. The molecule has 0 aromatic carbocycles. The van der Waals surface area contributed by atoms with Crippen molar-refractivity contribution < 1.29 is 13.2 Å². The molecule has 1 rings (SSSR count). The fourth-order valence-electron chi connectivity index (χ4n) is 0.973. The predicted octanol–water partition coefficient (Wildman–Crippen LogP) is -1.56. The third-order valence-corrected chi connectivity index (χ3v) is 2.49. The van der Waals surface area contributed by atoms with Crippen LogP contribution in [-0.4, -0.2) is 36.2 Å². The van der Waals surface area contributed by atoms with E-state index in [9.17, 15) is 13.2 Å². The maximum Gasteiger partial charge on any atom is 0.269 e. The van der Waals surface area contributed by atoms with E-state index in [0.717, 1.165) is 0 Å². The zero-order valence-electron chi connectivity index (χ0n) is 8.17. The highest BCUT2D eigenvalue weighted by atomic mass is 32.2. The van der Waals surface area contributed by atoms with Gasteiger partial charge in [0.2, 0.25) is 10.0 Å². The van der Waals surface area contributed by atoms with Crippen molar-refractivity contribution in [3.8, 4) is 0 Å². The molecule has 0 fully saturated rings. The molecule has 0 radical (unpaired) electrons. The second-order valence-electron chi connectivity index (χ2n) is 3.01. The molecule has 0 aliphatic carbocycles. The number of imidazole rings is 1. The molecule has 0 bridgehead atoms. The molecule has 1 aromatic heterocycles. The van der Waals surface area contributed by atoms with Gasteiger partial charge in [0, 0.05) is 13.6 Å². The van der Waals surface area contributed by atoms with Crippen molar-refractivity contribution in [3.05, 3.63) is 18.2 Å². The lowest BCUT2D eigenvalue weighted by Crippen LogP contribution is -2.32. The third-order valence-electron chi connectivity index (χ3n) is 1.72. The predicted molar refractivity (Wildman–Crippen MR) is 53.5 cm³/mol. The van der Waals surface area contributed by atoms with Crippen molar-refractivity contribution in [2.24, 2.45) is 12.2 Å². The highest BCUT2D eigenvalue weighted by Crippen LogP contribution is 1.94. The average Bonchev–Trinajstić information content (AvgIpc) is 2.48. The van der Waals surface area contributed by atoms with Crippen LogP contribution in [0.2, 0.25) is 0 Å². The molecule has 0 atom stereocenters. The minimum Gasteiger partial charge on any atom is -0.350 e. The highest BCUT2D eigenvalue weighted by Gasteiger charge is 2.10. The van der Waals surface area contributed by atoms with Crippen LogP contribution in [-0.2, 0) is 17.1 Å². The fraction of sp³-hybridized carbons (Fsp3) is 0.429. The Morgan fingerprint density at radius 3 is 2.80 bits per heavy atom. The van der Waals surface area contributed by atoms with Crippen LogP contribution in [0.5, 0.6) is 0 Å². The highest BCUT2D eigenvalue weighted by molar-refractivity contribution is 7.89. The molecule has 0 saturated heterocycles. The summed E-state index contributed by atoms with van der Waals surface area (Å²) in [5, 5.41) is 7.20. The topological polar surface area (TPSA) is 107 Å². The monoisotopic (exact) mass is 232 g/mol. The molecular formula is C7H12N4O3S. The van der Waals surface area contributed by atoms with Gasteiger partial charge in [-0.2, -0.15) is 0 Å². The average molecular weight is 232 g/mol. The van der Waals surface area contributed by atoms with Crippen molar-refractivity contribution in [2.75, 3.05) is 12.3 Å². The van der Waals surface area contributed by atoms with E-state index >= 15 is 0 Å². The molecule has 0 saturated carbocycles. The van der Waals surface area contributed by atoms with Gasteiger partial charge in [-0.15, -0.1) is 0 Å². The van der Waals surface area contributed by atoms with E-state index in [-0.39, 0.29) is 18.2 Å². The Morgan fingerprint density at radius 1 is 1.67 bits per heavy atom. The SMILES string of the molecule is Cn1cncc1C(=O)NCCS(N)(=O)=O. The molecule has 0 aliphatic heterocycles. The van der Waals surface area contributed by atoms with E-state index in [0.29, 0.717) is 5.69 Å². The summed E-state index contributed by atoms with van der Waals surface area (Å²) in [7, 11) is -1.87. The van der Waals surface area contributed by atoms with Crippen molar-refractivity contribution in [1.29, 1.82) is 0 Å². The Labute approximate surface area is 87.3 Å². The second kappa shape index (κ2) is 4.41. The van der Waals surface area contributed by atoms with E-state index in [1.807, 2.05) is 0 Å². The lowest BCUT2D eigenvalue weighted by atomic mass is 10.4. The molecule has 0 spiro atoms. The second-order valence-corrected chi connectivity index (χ2v) is 4.75. The lowest BCUT2D eigenvalue weighted by Gasteiger charge is -2.03. The Bertz CT molecular complexity index is 451. The van der Waals surface area contributed by atoms with Gasteiger partial charge in [0.25, 0.3) is 5.91 Å². The van der Waals surface area contributed by atoms with Crippen LogP contribution in [0.15, 0.2) is 12.5 Å². The van der Waals surface area contributed by atoms with Crippen LogP contribution in [0.3, 0.4) is 0 Å². The summed E-state index contributed by atoms with van der Waals surface area (Å²) in [5.74, 6) is -0.657. The number of sulfonamides is 1. The molecule has 1 heterocycles. The number of nitrogens with one attached hydrogen (secondary N) is 1. The Morgan fingerprint density at radius 2 is 2.33 bits per heavy atom. The first-order chi connectivity index (χ1) is 6.90. The van der Waals surface area contributed by atoms with Crippen molar-refractivity contribution in [1.82, 2.24) is 14.9 Å². The number of primary sulfonamides is 1. The number of hydrogen-bond donors (Lipinski definition) is 2. The van der Waals surface area contributed by atoms with Crippen molar-refractivity contribution in [2.45, 2.75) is 0 Å². The first-order valence-corrected chi connectivity index (χ1v) is 5.86. The number of aryl methyl sites for hydroxylation is 1. The summed E-state index contributed by atoms with van der Waals surface area (Å²) >= 11 is 0. The van der Waals surface area contributed by atoms with Gasteiger partial charge in [0.15, 0.2) is 0 Å². The number of rotatable bonds is 4. The zero-order valence-corrected chi connectivity index (χ0v) is 8.99. The quantitative estimate of drug-likeness (QED) is 0.654. The zero-order chi connectivity index (χ0) is 11.5. The largest absolute Gasteiger partial charge is 0.350 e. The Hall–Kier alpha value is -1.41. The van der Waals surface area contributed by atoms with Crippen molar-refractivity contribution >= 4 is 15.9 Å². The van der Waals surface area contributed by atoms with Crippen LogP contribution in [0.25, 0.3) is 0 Å². The van der Waals surface area contributed by atoms with Gasteiger partial charge in [-0.1, -0.05) is 0 Å². The van der Waals surface area contributed by atoms with E-state index in [4.69, 9.17) is 5.14 Å². The first-order valence-electron chi connectivity index (χ1n) is 4.15. The van der Waals surface area contributed by atoms with Crippen LogP contribution in [0, 0.1) is 0 Å². The van der Waals surface area contributed by atoms with Gasteiger partial charge in [-0.25, -0.2) is 18.5 Å². The molecule has 15 heavy (non-hydrogen) atoms. The standard InChI is InChI=1S/C7H12N4O3S/c1-11-5-9-4-6(11)7(12)10-2-3-15(8,13)14/h4-5H,2-3H2,1H3,(H,10,12)(H2,8,13,14). The third kappa shape index (κ3) is 3.68. The maximum absolute atomic E-state index is 11.4. The van der Waals surface area contributed by atoms with Crippen LogP contribution in [0.4, 0.5) is 0 Å². The van der Waals surface area contributed by atoms with Crippen molar-refractivity contribution in [3.63, 3.8) is 0 Å². The van der Waals surface area contributed by atoms with Gasteiger partial charge >= 0.3 is 0 Å². The molecule has 1 amide bonds. The molecule has 8 heteroatoms.